The summed E-state index contributed by atoms with van der Waals surface area (Å²) in [6.07, 6.45) is -0.989. The van der Waals surface area contributed by atoms with Crippen LogP contribution in [0.2, 0.25) is 0 Å². The van der Waals surface area contributed by atoms with E-state index >= 15 is 0 Å². The summed E-state index contributed by atoms with van der Waals surface area (Å²) >= 11 is 10.7. The van der Waals surface area contributed by atoms with E-state index in [9.17, 15) is 19.2 Å². The van der Waals surface area contributed by atoms with Crippen molar-refractivity contribution in [1.82, 2.24) is 0 Å². The van der Waals surface area contributed by atoms with Gasteiger partial charge in [0.1, 0.15) is 10.8 Å². The van der Waals surface area contributed by atoms with E-state index in [1.165, 1.54) is 0 Å². The molecule has 0 aliphatic heterocycles. The van der Waals surface area contributed by atoms with Crippen molar-refractivity contribution in [3.05, 3.63) is 0 Å². The van der Waals surface area contributed by atoms with Crippen LogP contribution in [0.3, 0.4) is 0 Å². The van der Waals surface area contributed by atoms with Gasteiger partial charge in [0.25, 0.3) is 0 Å². The summed E-state index contributed by atoms with van der Waals surface area (Å²) < 4.78 is 4.33. The zero-order chi connectivity index (χ0) is 15.0. The van der Waals surface area contributed by atoms with E-state index in [1.807, 2.05) is 0 Å². The summed E-state index contributed by atoms with van der Waals surface area (Å²) in [7, 11) is 0. The van der Waals surface area contributed by atoms with Crippen molar-refractivity contribution >= 4 is 47.1 Å². The van der Waals surface area contributed by atoms with E-state index in [1.54, 1.807) is 0 Å². The molecule has 2 atom stereocenters. The molecule has 19 heavy (non-hydrogen) atoms. The molecule has 0 amide bonds. The molecule has 0 rings (SSSR count). The van der Waals surface area contributed by atoms with Crippen molar-refractivity contribution < 1.29 is 34.1 Å². The molecule has 0 fully saturated rings. The molecule has 0 saturated carbocycles. The van der Waals surface area contributed by atoms with Gasteiger partial charge in [-0.3, -0.25) is 19.2 Å². The molecular weight excluding hydrogens is 303 g/mol. The standard InChI is InChI=1S/C10H12Cl2O7/c11-5(9(15)16)1-3-7(13)19-8(14)4-2-6(12)10(17)18/h5-6H,1-4H2,(H,15,16)(H,17,18). The number of rotatable bonds is 8. The Bertz CT molecular complexity index is 335. The van der Waals surface area contributed by atoms with Crippen LogP contribution in [0.25, 0.3) is 0 Å². The van der Waals surface area contributed by atoms with Gasteiger partial charge in [0.05, 0.1) is 0 Å². The highest BCUT2D eigenvalue weighted by molar-refractivity contribution is 6.30. The second kappa shape index (κ2) is 8.71. The van der Waals surface area contributed by atoms with Gasteiger partial charge in [-0.05, 0) is 12.8 Å². The van der Waals surface area contributed by atoms with Gasteiger partial charge in [0.2, 0.25) is 0 Å². The van der Waals surface area contributed by atoms with Crippen LogP contribution < -0.4 is 0 Å². The van der Waals surface area contributed by atoms with Crippen molar-refractivity contribution in [1.29, 1.82) is 0 Å². The number of aliphatic carboxylic acids is 2. The van der Waals surface area contributed by atoms with Gasteiger partial charge in [0.15, 0.2) is 0 Å². The normalized spacial score (nSPS) is 13.4. The molecular formula is C10H12Cl2O7. The van der Waals surface area contributed by atoms with Gasteiger partial charge in [-0.1, -0.05) is 0 Å². The number of alkyl halides is 2. The Kier molecular flexibility index (Phi) is 8.09. The van der Waals surface area contributed by atoms with Crippen LogP contribution in [-0.2, 0) is 23.9 Å². The van der Waals surface area contributed by atoms with E-state index in [0.29, 0.717) is 0 Å². The summed E-state index contributed by atoms with van der Waals surface area (Å²) in [5.74, 6) is -4.38. The lowest BCUT2D eigenvalue weighted by molar-refractivity contribution is -0.159. The Morgan fingerprint density at radius 1 is 0.842 bits per heavy atom. The van der Waals surface area contributed by atoms with Gasteiger partial charge < -0.3 is 14.9 Å². The smallest absolute Gasteiger partial charge is 0.321 e. The van der Waals surface area contributed by atoms with Gasteiger partial charge in [0, 0.05) is 12.8 Å². The van der Waals surface area contributed by atoms with E-state index in [0.717, 1.165) is 0 Å². The highest BCUT2D eigenvalue weighted by Gasteiger charge is 2.19. The number of hydrogen-bond acceptors (Lipinski definition) is 5. The highest BCUT2D eigenvalue weighted by Crippen LogP contribution is 2.09. The summed E-state index contributed by atoms with van der Waals surface area (Å²) in [5.41, 5.74) is 0. The largest absolute Gasteiger partial charge is 0.480 e. The Morgan fingerprint density at radius 2 is 1.16 bits per heavy atom. The molecule has 0 radical (unpaired) electrons. The molecule has 0 aromatic rings. The third-order valence-electron chi connectivity index (χ3n) is 1.97. The van der Waals surface area contributed by atoms with Crippen molar-refractivity contribution in [2.75, 3.05) is 0 Å². The van der Waals surface area contributed by atoms with Crippen LogP contribution in [0, 0.1) is 0 Å². The Hall–Kier alpha value is -1.34. The van der Waals surface area contributed by atoms with Crippen molar-refractivity contribution in [2.24, 2.45) is 0 Å². The van der Waals surface area contributed by atoms with Crippen LogP contribution in [0.5, 0.6) is 0 Å². The second-order valence-electron chi connectivity index (χ2n) is 3.53. The predicted octanol–water partition coefficient (Wildman–Crippen LogP) is 1.00. The molecule has 0 heterocycles. The number of hydrogen-bond donors (Lipinski definition) is 2. The lowest BCUT2D eigenvalue weighted by Gasteiger charge is -2.05. The van der Waals surface area contributed by atoms with Crippen molar-refractivity contribution in [3.8, 4) is 0 Å². The van der Waals surface area contributed by atoms with Crippen LogP contribution in [-0.4, -0.2) is 44.8 Å². The first-order valence-corrected chi connectivity index (χ1v) is 6.08. The number of carboxylic acids is 2. The topological polar surface area (TPSA) is 118 Å². The van der Waals surface area contributed by atoms with Crippen LogP contribution >= 0.6 is 23.2 Å². The molecule has 7 nitrogen and oxygen atoms in total. The van der Waals surface area contributed by atoms with Crippen LogP contribution in [0.4, 0.5) is 0 Å². The first-order chi connectivity index (χ1) is 8.73. The highest BCUT2D eigenvalue weighted by atomic mass is 35.5. The van der Waals surface area contributed by atoms with Gasteiger partial charge in [-0.15, -0.1) is 23.2 Å². The zero-order valence-corrected chi connectivity index (χ0v) is 11.2. The number of carbonyl (C=O) groups is 4. The van der Waals surface area contributed by atoms with E-state index in [4.69, 9.17) is 33.4 Å². The second-order valence-corrected chi connectivity index (χ2v) is 4.59. The molecule has 0 bridgehead atoms. The van der Waals surface area contributed by atoms with E-state index in [2.05, 4.69) is 4.74 Å². The molecule has 2 unspecified atom stereocenters. The summed E-state index contributed by atoms with van der Waals surface area (Å²) in [4.78, 5) is 42.9. The SMILES string of the molecule is O=C(CCC(Cl)C(=O)O)OC(=O)CCC(Cl)C(=O)O. The maximum Gasteiger partial charge on any atom is 0.321 e. The predicted molar refractivity (Wildman–Crippen MR) is 64.1 cm³/mol. The lowest BCUT2D eigenvalue weighted by atomic mass is 10.2. The monoisotopic (exact) mass is 314 g/mol. The fourth-order valence-corrected chi connectivity index (χ4v) is 1.18. The van der Waals surface area contributed by atoms with Crippen molar-refractivity contribution in [3.63, 3.8) is 0 Å². The minimum Gasteiger partial charge on any atom is -0.480 e. The molecule has 0 aliphatic rings. The summed E-state index contributed by atoms with van der Waals surface area (Å²) in [5, 5.41) is 14.4. The molecule has 0 aromatic heterocycles. The first-order valence-electron chi connectivity index (χ1n) is 5.21. The van der Waals surface area contributed by atoms with Crippen LogP contribution in [0.1, 0.15) is 25.7 Å². The molecule has 0 saturated heterocycles. The Labute approximate surface area is 118 Å². The Balaban J connectivity index is 3.90. The minimum atomic E-state index is -1.27. The third kappa shape index (κ3) is 8.39. The molecule has 0 spiro atoms. The Morgan fingerprint density at radius 3 is 1.42 bits per heavy atom. The van der Waals surface area contributed by atoms with Gasteiger partial charge in [-0.25, -0.2) is 0 Å². The molecule has 2 N–H and O–H groups in total. The number of ether oxygens (including phenoxy) is 1. The fourth-order valence-electron chi connectivity index (χ4n) is 0.965. The van der Waals surface area contributed by atoms with E-state index in [-0.39, 0.29) is 25.7 Å². The minimum absolute atomic E-state index is 0.170. The molecule has 0 aliphatic carbocycles. The van der Waals surface area contributed by atoms with Crippen LogP contribution in [0.15, 0.2) is 0 Å². The summed E-state index contributed by atoms with van der Waals surface area (Å²) in [6, 6.07) is 0. The number of halogens is 2. The number of carboxylic acid groups (broad SMARTS) is 2. The third-order valence-corrected chi connectivity index (χ3v) is 2.78. The molecule has 0 aromatic carbocycles. The van der Waals surface area contributed by atoms with E-state index < -0.39 is 34.6 Å². The number of esters is 2. The van der Waals surface area contributed by atoms with Gasteiger partial charge >= 0.3 is 23.9 Å². The fraction of sp³-hybridized carbons (Fsp3) is 0.600. The zero-order valence-electron chi connectivity index (χ0n) is 9.67. The maximum atomic E-state index is 11.1. The maximum absolute atomic E-state index is 11.1. The van der Waals surface area contributed by atoms with Gasteiger partial charge in [-0.2, -0.15) is 0 Å². The molecule has 108 valence electrons. The summed E-state index contributed by atoms with van der Waals surface area (Å²) in [6.45, 7) is 0. The average molecular weight is 315 g/mol. The molecule has 9 heteroatoms. The average Bonchev–Trinajstić information content (AvgIpc) is 2.32. The van der Waals surface area contributed by atoms with Crippen molar-refractivity contribution in [2.45, 2.75) is 36.4 Å². The first kappa shape index (κ1) is 17.7. The number of carbonyl (C=O) groups excluding carboxylic acids is 2. The lowest BCUT2D eigenvalue weighted by Crippen LogP contribution is -2.19. The quantitative estimate of drug-likeness (QED) is 0.390.